The minimum atomic E-state index is 0.141. The van der Waals surface area contributed by atoms with E-state index in [0.717, 1.165) is 12.8 Å². The number of benzene rings is 1. The molecule has 2 aliphatic heterocycles. The summed E-state index contributed by atoms with van der Waals surface area (Å²) in [6.45, 7) is 4.52. The van der Waals surface area contributed by atoms with Crippen LogP contribution in [0.25, 0.3) is 0 Å². The van der Waals surface area contributed by atoms with Crippen LogP contribution in [0.1, 0.15) is 50.3 Å². The van der Waals surface area contributed by atoms with Crippen LogP contribution in [-0.2, 0) is 11.2 Å². The van der Waals surface area contributed by atoms with Gasteiger partial charge in [-0.05, 0) is 42.7 Å². The first kappa shape index (κ1) is 13.1. The van der Waals surface area contributed by atoms with E-state index >= 15 is 0 Å². The third-order valence-corrected chi connectivity index (χ3v) is 4.59. The number of hydrogen-bond acceptors (Lipinski definition) is 2. The van der Waals surface area contributed by atoms with Gasteiger partial charge in [-0.1, -0.05) is 38.1 Å². The molecule has 2 nitrogen and oxygen atoms in total. The molecule has 2 bridgehead atoms. The zero-order chi connectivity index (χ0) is 13.4. The van der Waals surface area contributed by atoms with Gasteiger partial charge in [0.25, 0.3) is 0 Å². The van der Waals surface area contributed by atoms with Crippen molar-refractivity contribution in [2.75, 3.05) is 0 Å². The van der Waals surface area contributed by atoms with Gasteiger partial charge < -0.3 is 10.5 Å². The molecular weight excluding hydrogens is 234 g/mol. The summed E-state index contributed by atoms with van der Waals surface area (Å²) in [5, 5.41) is 0. The van der Waals surface area contributed by atoms with Gasteiger partial charge >= 0.3 is 0 Å². The predicted molar refractivity (Wildman–Crippen MR) is 77.9 cm³/mol. The van der Waals surface area contributed by atoms with Crippen LogP contribution in [0.2, 0.25) is 0 Å². The maximum Gasteiger partial charge on any atom is 0.0627 e. The Balaban J connectivity index is 1.74. The molecule has 0 amide bonds. The Kier molecular flexibility index (Phi) is 3.64. The fraction of sp³-hybridized carbons (Fsp3) is 0.647. The maximum atomic E-state index is 6.51. The van der Waals surface area contributed by atoms with Gasteiger partial charge in [-0.25, -0.2) is 0 Å². The molecule has 2 heteroatoms. The van der Waals surface area contributed by atoms with Crippen molar-refractivity contribution in [1.29, 1.82) is 0 Å². The monoisotopic (exact) mass is 259 g/mol. The molecule has 0 spiro atoms. The second kappa shape index (κ2) is 5.26. The fourth-order valence-electron chi connectivity index (χ4n) is 3.70. The number of nitrogens with two attached hydrogens (primary N) is 1. The van der Waals surface area contributed by atoms with E-state index in [1.807, 2.05) is 0 Å². The standard InChI is InChI=1S/C17H25NO/c1-11(2)8-12-4-3-5-13(9-12)17(18)15-10-14-6-7-16(15)19-14/h3-5,9,11,14-17H,6-8,10,18H2,1-2H3. The zero-order valence-electron chi connectivity index (χ0n) is 12.0. The summed E-state index contributed by atoms with van der Waals surface area (Å²) in [7, 11) is 0. The molecule has 2 fully saturated rings. The van der Waals surface area contributed by atoms with Crippen molar-refractivity contribution >= 4 is 0 Å². The summed E-state index contributed by atoms with van der Waals surface area (Å²) in [6, 6.07) is 8.99. The summed E-state index contributed by atoms with van der Waals surface area (Å²) in [4.78, 5) is 0. The molecule has 2 N–H and O–H groups in total. The van der Waals surface area contributed by atoms with Crippen LogP contribution in [0.4, 0.5) is 0 Å². The highest BCUT2D eigenvalue weighted by Crippen LogP contribution is 2.43. The summed E-state index contributed by atoms with van der Waals surface area (Å²) in [5.74, 6) is 1.21. The highest BCUT2D eigenvalue weighted by molar-refractivity contribution is 5.27. The second-order valence-corrected chi connectivity index (χ2v) is 6.64. The van der Waals surface area contributed by atoms with Gasteiger partial charge in [0.2, 0.25) is 0 Å². The zero-order valence-corrected chi connectivity index (χ0v) is 12.0. The average molecular weight is 259 g/mol. The van der Waals surface area contributed by atoms with Gasteiger partial charge in [-0.15, -0.1) is 0 Å². The highest BCUT2D eigenvalue weighted by Gasteiger charge is 2.43. The van der Waals surface area contributed by atoms with Crippen LogP contribution in [-0.4, -0.2) is 12.2 Å². The first-order chi connectivity index (χ1) is 9.13. The summed E-state index contributed by atoms with van der Waals surface area (Å²) in [6.07, 6.45) is 5.62. The molecule has 0 radical (unpaired) electrons. The molecule has 4 atom stereocenters. The molecule has 0 aliphatic carbocycles. The Hall–Kier alpha value is -0.860. The fourth-order valence-corrected chi connectivity index (χ4v) is 3.70. The number of hydrogen-bond donors (Lipinski definition) is 1. The van der Waals surface area contributed by atoms with Crippen LogP contribution in [0.5, 0.6) is 0 Å². The average Bonchev–Trinajstić information content (AvgIpc) is 2.99. The van der Waals surface area contributed by atoms with Crippen LogP contribution in [0.3, 0.4) is 0 Å². The predicted octanol–water partition coefficient (Wildman–Crippen LogP) is 3.45. The van der Waals surface area contributed by atoms with Gasteiger partial charge in [-0.2, -0.15) is 0 Å². The van der Waals surface area contributed by atoms with E-state index in [0.29, 0.717) is 24.0 Å². The van der Waals surface area contributed by atoms with Crippen molar-refractivity contribution < 1.29 is 4.74 Å². The van der Waals surface area contributed by atoms with Crippen molar-refractivity contribution in [3.8, 4) is 0 Å². The Morgan fingerprint density at radius 3 is 2.79 bits per heavy atom. The molecule has 104 valence electrons. The lowest BCUT2D eigenvalue weighted by Gasteiger charge is -2.26. The van der Waals surface area contributed by atoms with Crippen LogP contribution >= 0.6 is 0 Å². The third-order valence-electron chi connectivity index (χ3n) is 4.59. The van der Waals surface area contributed by atoms with E-state index in [2.05, 4.69) is 38.1 Å². The van der Waals surface area contributed by atoms with E-state index in [4.69, 9.17) is 10.5 Å². The molecule has 2 heterocycles. The van der Waals surface area contributed by atoms with Gasteiger partial charge in [0, 0.05) is 12.0 Å². The van der Waals surface area contributed by atoms with Crippen molar-refractivity contribution in [2.24, 2.45) is 17.6 Å². The van der Waals surface area contributed by atoms with Crippen LogP contribution < -0.4 is 5.73 Å². The summed E-state index contributed by atoms with van der Waals surface area (Å²) < 4.78 is 5.94. The Morgan fingerprint density at radius 1 is 1.32 bits per heavy atom. The Labute approximate surface area is 116 Å². The maximum absolute atomic E-state index is 6.51. The van der Waals surface area contributed by atoms with Gasteiger partial charge in [0.15, 0.2) is 0 Å². The number of ether oxygens (including phenoxy) is 1. The smallest absolute Gasteiger partial charge is 0.0627 e. The quantitative estimate of drug-likeness (QED) is 0.899. The first-order valence-corrected chi connectivity index (χ1v) is 7.63. The van der Waals surface area contributed by atoms with E-state index in [1.54, 1.807) is 0 Å². The van der Waals surface area contributed by atoms with Crippen molar-refractivity contribution in [3.63, 3.8) is 0 Å². The molecule has 3 rings (SSSR count). The van der Waals surface area contributed by atoms with E-state index < -0.39 is 0 Å². The summed E-state index contributed by atoms with van der Waals surface area (Å²) in [5.41, 5.74) is 9.21. The van der Waals surface area contributed by atoms with Crippen molar-refractivity contribution in [1.82, 2.24) is 0 Å². The van der Waals surface area contributed by atoms with Crippen LogP contribution in [0.15, 0.2) is 24.3 Å². The van der Waals surface area contributed by atoms with Gasteiger partial charge in [0.1, 0.15) is 0 Å². The second-order valence-electron chi connectivity index (χ2n) is 6.64. The SMILES string of the molecule is CC(C)Cc1cccc(C(N)C2CC3CCC2O3)c1. The molecule has 2 aliphatic rings. The Morgan fingerprint density at radius 2 is 2.16 bits per heavy atom. The molecule has 19 heavy (non-hydrogen) atoms. The van der Waals surface area contributed by atoms with E-state index in [9.17, 15) is 0 Å². The molecule has 0 aromatic heterocycles. The normalized spacial score (nSPS) is 31.1. The lowest BCUT2D eigenvalue weighted by molar-refractivity contribution is 0.0884. The summed E-state index contributed by atoms with van der Waals surface area (Å²) >= 11 is 0. The van der Waals surface area contributed by atoms with Gasteiger partial charge in [-0.3, -0.25) is 0 Å². The minimum absolute atomic E-state index is 0.141. The topological polar surface area (TPSA) is 35.2 Å². The first-order valence-electron chi connectivity index (χ1n) is 7.63. The van der Waals surface area contributed by atoms with Crippen molar-refractivity contribution in [3.05, 3.63) is 35.4 Å². The molecule has 4 unspecified atom stereocenters. The molecular formula is C17H25NO. The largest absolute Gasteiger partial charge is 0.375 e. The molecule has 1 aromatic rings. The van der Waals surface area contributed by atoms with Gasteiger partial charge in [0.05, 0.1) is 12.2 Å². The molecule has 2 saturated heterocycles. The highest BCUT2D eigenvalue weighted by atomic mass is 16.5. The van der Waals surface area contributed by atoms with E-state index in [-0.39, 0.29) is 6.04 Å². The Bertz CT molecular complexity index is 443. The minimum Gasteiger partial charge on any atom is -0.375 e. The van der Waals surface area contributed by atoms with E-state index in [1.165, 1.54) is 24.0 Å². The third kappa shape index (κ3) is 2.70. The molecule has 1 aromatic carbocycles. The van der Waals surface area contributed by atoms with Crippen LogP contribution in [0, 0.1) is 11.8 Å². The molecule has 0 saturated carbocycles. The lowest BCUT2D eigenvalue weighted by Crippen LogP contribution is -2.29. The lowest BCUT2D eigenvalue weighted by atomic mass is 9.81. The van der Waals surface area contributed by atoms with Crippen molar-refractivity contribution in [2.45, 2.75) is 57.8 Å². The number of fused-ring (bicyclic) bond motifs is 2. The number of rotatable bonds is 4.